The zero-order valence-corrected chi connectivity index (χ0v) is 20.1. The summed E-state index contributed by atoms with van der Waals surface area (Å²) in [5.74, 6) is 0. The van der Waals surface area contributed by atoms with Crippen LogP contribution in [-0.4, -0.2) is 72.4 Å². The zero-order chi connectivity index (χ0) is 22.1. The average molecular weight is 431 g/mol. The van der Waals surface area contributed by atoms with E-state index in [1.165, 1.54) is 5.37 Å². The molecule has 7 nitrogen and oxygen atoms in total. The van der Waals surface area contributed by atoms with Gasteiger partial charge >= 0.3 is 0 Å². The molecule has 2 aliphatic rings. The van der Waals surface area contributed by atoms with Crippen molar-refractivity contribution in [2.45, 2.75) is 48.5 Å². The molecule has 0 saturated heterocycles. The van der Waals surface area contributed by atoms with Crippen molar-refractivity contribution in [3.63, 3.8) is 0 Å². The van der Waals surface area contributed by atoms with Gasteiger partial charge in [-0.15, -0.1) is 0 Å². The number of aliphatic imine (C=N–C) groups is 1. The Morgan fingerprint density at radius 2 is 1.75 bits per heavy atom. The number of aliphatic hydroxyl groups is 1. The number of aliphatic hydroxyl groups excluding tert-OH is 1. The van der Waals surface area contributed by atoms with Crippen molar-refractivity contribution in [3.05, 3.63) is 0 Å². The molecule has 9 heteroatoms. The summed E-state index contributed by atoms with van der Waals surface area (Å²) < 4.78 is 0. The Labute approximate surface area is 181 Å². The van der Waals surface area contributed by atoms with Gasteiger partial charge in [-0.05, 0) is 33.0 Å². The number of nitrogens with zero attached hydrogens (tertiary/aromatic N) is 5. The topological polar surface area (TPSA) is 84.9 Å². The summed E-state index contributed by atoms with van der Waals surface area (Å²) in [6.45, 7) is 18.9. The molecule has 2 heterocycles. The number of rotatable bonds is 3. The molecule has 0 aliphatic carbocycles. The van der Waals surface area contributed by atoms with Crippen molar-refractivity contribution in [2.24, 2.45) is 31.2 Å². The maximum atomic E-state index is 7.57. The summed E-state index contributed by atoms with van der Waals surface area (Å²) in [6.07, 6.45) is 3.56. The fourth-order valence-electron chi connectivity index (χ4n) is 1.74. The second-order valence-electron chi connectivity index (χ2n) is 7.49. The quantitative estimate of drug-likeness (QED) is 0.526. The van der Waals surface area contributed by atoms with Gasteiger partial charge in [-0.1, -0.05) is 39.9 Å². The lowest BCUT2D eigenvalue weighted by molar-refractivity contribution is 0.318. The van der Waals surface area contributed by atoms with Gasteiger partial charge in [0.25, 0.3) is 0 Å². The highest BCUT2D eigenvalue weighted by atomic mass is 32.1. The second kappa shape index (κ2) is 16.6. The lowest BCUT2D eigenvalue weighted by atomic mass is 9.96. The molecule has 162 valence electrons. The van der Waals surface area contributed by atoms with Gasteiger partial charge in [0.1, 0.15) is 0 Å². The second-order valence-corrected chi connectivity index (χ2v) is 8.15. The Hall–Kier alpha value is -1.32. The number of azo groups is 1. The molecule has 0 radical (unpaired) electrons. The minimum Gasteiger partial charge on any atom is -0.397 e. The monoisotopic (exact) mass is 430 g/mol. The van der Waals surface area contributed by atoms with Gasteiger partial charge < -0.3 is 10.4 Å². The van der Waals surface area contributed by atoms with E-state index in [4.69, 9.17) is 17.3 Å². The number of hydrazone groups is 1. The normalized spacial score (nSPS) is 17.6. The standard InChI is InChI=1S/C8H15N3S.C5H10N2.C4H7NS.C2H6O/c1-4-9-7(12)11-6-8(2,3)5-10-11;1-5(2)3-6-7-4-5;1-2-5-3-4-6;1-2-3/h5H,4,6H2,1-3H3,(H,9,12);3-4H2,1-2H3;3-4H,2H2,1H3;3H,2H2,1H3. The Morgan fingerprint density at radius 3 is 2.00 bits per heavy atom. The van der Waals surface area contributed by atoms with Crippen LogP contribution in [-0.2, 0) is 0 Å². The van der Waals surface area contributed by atoms with Crippen LogP contribution in [0.1, 0.15) is 48.5 Å². The van der Waals surface area contributed by atoms with E-state index >= 15 is 0 Å². The molecule has 0 spiro atoms. The van der Waals surface area contributed by atoms with E-state index in [1.54, 1.807) is 13.1 Å². The van der Waals surface area contributed by atoms with Crippen molar-refractivity contribution >= 4 is 47.3 Å². The van der Waals surface area contributed by atoms with Crippen molar-refractivity contribution in [3.8, 4) is 0 Å². The maximum Gasteiger partial charge on any atom is 0.189 e. The first-order chi connectivity index (χ1) is 13.1. The van der Waals surface area contributed by atoms with E-state index in [0.29, 0.717) is 5.41 Å². The summed E-state index contributed by atoms with van der Waals surface area (Å²) in [5.41, 5.74) is 0.513. The van der Waals surface area contributed by atoms with Crippen LogP contribution in [0.5, 0.6) is 0 Å². The van der Waals surface area contributed by atoms with E-state index in [0.717, 1.165) is 37.8 Å². The van der Waals surface area contributed by atoms with Gasteiger partial charge in [0, 0.05) is 48.3 Å². The van der Waals surface area contributed by atoms with E-state index < -0.39 is 0 Å². The highest BCUT2D eigenvalue weighted by Crippen LogP contribution is 2.21. The van der Waals surface area contributed by atoms with Crippen molar-refractivity contribution < 1.29 is 5.11 Å². The van der Waals surface area contributed by atoms with Crippen LogP contribution in [0.3, 0.4) is 0 Å². The van der Waals surface area contributed by atoms with Gasteiger partial charge in [0.15, 0.2) is 5.11 Å². The summed E-state index contributed by atoms with van der Waals surface area (Å²) in [4.78, 5) is 3.81. The summed E-state index contributed by atoms with van der Waals surface area (Å²) in [5, 5.41) is 26.6. The van der Waals surface area contributed by atoms with Crippen LogP contribution in [0, 0.1) is 10.8 Å². The van der Waals surface area contributed by atoms with E-state index in [1.807, 2.05) is 25.1 Å². The van der Waals surface area contributed by atoms with Crippen molar-refractivity contribution in [2.75, 3.05) is 39.3 Å². The third-order valence-corrected chi connectivity index (χ3v) is 3.59. The minimum atomic E-state index is 0.152. The van der Waals surface area contributed by atoms with Crippen LogP contribution in [0.25, 0.3) is 0 Å². The van der Waals surface area contributed by atoms with Gasteiger partial charge in [0.05, 0.1) is 19.6 Å². The van der Waals surface area contributed by atoms with Gasteiger partial charge in [-0.3, -0.25) is 4.99 Å². The largest absolute Gasteiger partial charge is 0.397 e. The first kappa shape index (κ1) is 28.9. The predicted octanol–water partition coefficient (Wildman–Crippen LogP) is 3.76. The van der Waals surface area contributed by atoms with Gasteiger partial charge in [-0.25, -0.2) is 5.01 Å². The first-order valence-corrected chi connectivity index (χ1v) is 10.4. The van der Waals surface area contributed by atoms with Crippen LogP contribution >= 0.6 is 24.4 Å². The SMILES string of the molecule is CC1(C)CN=NC1.CCN=CC=S.CCNC(=S)N1CC(C)(C)C=N1.CCO. The molecule has 0 bridgehead atoms. The smallest absolute Gasteiger partial charge is 0.189 e. The van der Waals surface area contributed by atoms with Gasteiger partial charge in [0.2, 0.25) is 0 Å². The molecule has 2 N–H and O–H groups in total. The fourth-order valence-corrected chi connectivity index (χ4v) is 2.08. The third kappa shape index (κ3) is 16.8. The molecule has 0 aromatic carbocycles. The molecule has 0 fully saturated rings. The summed E-state index contributed by atoms with van der Waals surface area (Å²) in [6, 6.07) is 0. The van der Waals surface area contributed by atoms with Crippen molar-refractivity contribution in [1.82, 2.24) is 10.3 Å². The van der Waals surface area contributed by atoms with Gasteiger partial charge in [-0.2, -0.15) is 15.3 Å². The van der Waals surface area contributed by atoms with Crippen LogP contribution in [0.4, 0.5) is 0 Å². The predicted molar refractivity (Wildman–Crippen MR) is 129 cm³/mol. The maximum absolute atomic E-state index is 7.57. The van der Waals surface area contributed by atoms with Crippen LogP contribution < -0.4 is 5.32 Å². The molecule has 0 unspecified atom stereocenters. The lowest BCUT2D eigenvalue weighted by Crippen LogP contribution is -2.37. The van der Waals surface area contributed by atoms with E-state index in [2.05, 4.69) is 65.6 Å². The molecule has 2 rings (SSSR count). The molecular formula is C19H38N6OS2. The molecule has 28 heavy (non-hydrogen) atoms. The Bertz CT molecular complexity index is 509. The van der Waals surface area contributed by atoms with Crippen LogP contribution in [0.2, 0.25) is 0 Å². The molecule has 2 aliphatic heterocycles. The lowest BCUT2D eigenvalue weighted by Gasteiger charge is -2.19. The Balaban J connectivity index is 0. The molecule has 0 atom stereocenters. The molecule has 0 amide bonds. The Morgan fingerprint density at radius 1 is 1.21 bits per heavy atom. The zero-order valence-electron chi connectivity index (χ0n) is 18.5. The fraction of sp³-hybridized carbons (Fsp3) is 0.789. The minimum absolute atomic E-state index is 0.152. The van der Waals surface area contributed by atoms with Crippen LogP contribution in [0.15, 0.2) is 20.3 Å². The molecule has 0 saturated carbocycles. The summed E-state index contributed by atoms with van der Waals surface area (Å²) >= 11 is 9.56. The number of hydrogen-bond acceptors (Lipinski definition) is 7. The number of thiocarbonyl (C=S) groups is 2. The summed E-state index contributed by atoms with van der Waals surface area (Å²) in [7, 11) is 0. The number of hydrogen-bond donors (Lipinski definition) is 2. The highest BCUT2D eigenvalue weighted by molar-refractivity contribution is 7.80. The number of nitrogens with one attached hydrogen (secondary N) is 1. The van der Waals surface area contributed by atoms with E-state index in [-0.39, 0.29) is 12.0 Å². The third-order valence-electron chi connectivity index (χ3n) is 3.11. The molecule has 0 aromatic rings. The Kier molecular flexibility index (Phi) is 17.1. The average Bonchev–Trinajstić information content (AvgIpc) is 3.19. The molecular weight excluding hydrogens is 392 g/mol. The first-order valence-electron chi connectivity index (χ1n) is 9.57. The highest BCUT2D eigenvalue weighted by Gasteiger charge is 2.26. The van der Waals surface area contributed by atoms with Crippen molar-refractivity contribution in [1.29, 1.82) is 0 Å². The molecule has 0 aromatic heterocycles. The van der Waals surface area contributed by atoms with E-state index in [9.17, 15) is 0 Å².